The van der Waals surface area contributed by atoms with Crippen LogP contribution in [0.25, 0.3) is 0 Å². The molecule has 2 heterocycles. The number of nitrogens with one attached hydrogen (secondary N) is 1. The fourth-order valence-corrected chi connectivity index (χ4v) is 4.38. The highest BCUT2D eigenvalue weighted by Crippen LogP contribution is 2.44. The maximum Gasteiger partial charge on any atom is 0.307 e. The van der Waals surface area contributed by atoms with Crippen LogP contribution in [0.2, 0.25) is 0 Å². The zero-order valence-corrected chi connectivity index (χ0v) is 15.4. The van der Waals surface area contributed by atoms with Crippen molar-refractivity contribution in [3.63, 3.8) is 0 Å². The lowest BCUT2D eigenvalue weighted by Gasteiger charge is -2.36. The highest BCUT2D eigenvalue weighted by Gasteiger charge is 2.52. The first-order valence-corrected chi connectivity index (χ1v) is 9.70. The molecule has 142 valence electrons. The van der Waals surface area contributed by atoms with Crippen LogP contribution in [0.4, 0.5) is 0 Å². The molecular weight excluding hydrogens is 342 g/mol. The van der Waals surface area contributed by atoms with E-state index in [4.69, 9.17) is 4.74 Å². The van der Waals surface area contributed by atoms with Gasteiger partial charge in [-0.05, 0) is 42.9 Å². The lowest BCUT2D eigenvalue weighted by Crippen LogP contribution is -2.45. The third kappa shape index (κ3) is 3.75. The number of ether oxygens (including phenoxy) is 1. The van der Waals surface area contributed by atoms with Gasteiger partial charge < -0.3 is 10.1 Å². The second-order valence-corrected chi connectivity index (χ2v) is 7.55. The van der Waals surface area contributed by atoms with E-state index in [0.717, 1.165) is 43.2 Å². The molecule has 1 spiro atoms. The van der Waals surface area contributed by atoms with Gasteiger partial charge in [-0.3, -0.25) is 14.3 Å². The van der Waals surface area contributed by atoms with E-state index in [1.807, 2.05) is 41.2 Å². The van der Waals surface area contributed by atoms with Crippen LogP contribution in [0, 0.1) is 5.92 Å². The SMILES string of the molecule is O=C1C[C@H](C(=O)NCc2ccccc2Cn2cccn2)C2(CCCCC2)O1. The van der Waals surface area contributed by atoms with E-state index in [1.165, 1.54) is 0 Å². The van der Waals surface area contributed by atoms with Crippen LogP contribution in [0.1, 0.15) is 49.7 Å². The molecule has 0 bridgehead atoms. The van der Waals surface area contributed by atoms with Crippen LogP contribution in [-0.2, 0) is 27.4 Å². The maximum atomic E-state index is 12.9. The summed E-state index contributed by atoms with van der Waals surface area (Å²) in [7, 11) is 0. The summed E-state index contributed by atoms with van der Waals surface area (Å²) in [6, 6.07) is 9.93. The summed E-state index contributed by atoms with van der Waals surface area (Å²) in [5.74, 6) is -0.684. The van der Waals surface area contributed by atoms with Gasteiger partial charge in [0.25, 0.3) is 0 Å². The lowest BCUT2D eigenvalue weighted by atomic mass is 9.75. The molecule has 0 radical (unpaired) electrons. The second-order valence-electron chi connectivity index (χ2n) is 7.55. The molecule has 1 aromatic heterocycles. The molecule has 1 aliphatic carbocycles. The molecular formula is C21H25N3O3. The number of carbonyl (C=O) groups is 2. The lowest BCUT2D eigenvalue weighted by molar-refractivity contribution is -0.153. The van der Waals surface area contributed by atoms with E-state index in [2.05, 4.69) is 10.4 Å². The summed E-state index contributed by atoms with van der Waals surface area (Å²) in [6.07, 6.45) is 8.65. The molecule has 0 unspecified atom stereocenters. The van der Waals surface area contributed by atoms with Crippen molar-refractivity contribution in [3.05, 3.63) is 53.9 Å². The summed E-state index contributed by atoms with van der Waals surface area (Å²) < 4.78 is 7.52. The minimum Gasteiger partial charge on any atom is -0.458 e. The molecule has 2 aliphatic rings. The average molecular weight is 367 g/mol. The van der Waals surface area contributed by atoms with Gasteiger partial charge >= 0.3 is 5.97 Å². The average Bonchev–Trinajstić information content (AvgIpc) is 3.29. The van der Waals surface area contributed by atoms with Crippen molar-refractivity contribution in [1.82, 2.24) is 15.1 Å². The van der Waals surface area contributed by atoms with Crippen molar-refractivity contribution in [2.24, 2.45) is 5.92 Å². The molecule has 1 saturated heterocycles. The normalized spacial score (nSPS) is 21.2. The van der Waals surface area contributed by atoms with Crippen molar-refractivity contribution < 1.29 is 14.3 Å². The minimum absolute atomic E-state index is 0.0726. The fraction of sp³-hybridized carbons (Fsp3) is 0.476. The Morgan fingerprint density at radius 2 is 1.96 bits per heavy atom. The number of nitrogens with zero attached hydrogens (tertiary/aromatic N) is 2. The molecule has 6 nitrogen and oxygen atoms in total. The van der Waals surface area contributed by atoms with Crippen molar-refractivity contribution in [2.75, 3.05) is 0 Å². The molecule has 1 aromatic carbocycles. The van der Waals surface area contributed by atoms with E-state index in [-0.39, 0.29) is 24.2 Å². The van der Waals surface area contributed by atoms with E-state index in [9.17, 15) is 9.59 Å². The highest BCUT2D eigenvalue weighted by molar-refractivity contribution is 5.87. The zero-order chi connectivity index (χ0) is 18.7. The fourth-order valence-electron chi connectivity index (χ4n) is 4.38. The van der Waals surface area contributed by atoms with Gasteiger partial charge in [0.15, 0.2) is 0 Å². The molecule has 2 fully saturated rings. The van der Waals surface area contributed by atoms with Crippen molar-refractivity contribution in [2.45, 2.75) is 57.2 Å². The highest BCUT2D eigenvalue weighted by atomic mass is 16.6. The third-order valence-corrected chi connectivity index (χ3v) is 5.80. The Morgan fingerprint density at radius 3 is 2.70 bits per heavy atom. The summed E-state index contributed by atoms with van der Waals surface area (Å²) in [5, 5.41) is 7.30. The summed E-state index contributed by atoms with van der Waals surface area (Å²) >= 11 is 0. The Morgan fingerprint density at radius 1 is 1.19 bits per heavy atom. The zero-order valence-electron chi connectivity index (χ0n) is 15.4. The summed E-state index contributed by atoms with van der Waals surface area (Å²) in [6.45, 7) is 1.10. The van der Waals surface area contributed by atoms with Crippen molar-refractivity contribution >= 4 is 11.9 Å². The van der Waals surface area contributed by atoms with E-state index in [0.29, 0.717) is 13.1 Å². The maximum absolute atomic E-state index is 12.9. The number of carbonyl (C=O) groups excluding carboxylic acids is 2. The number of benzene rings is 1. The van der Waals surface area contributed by atoms with Gasteiger partial charge in [-0.15, -0.1) is 0 Å². The Hall–Kier alpha value is -2.63. The first-order chi connectivity index (χ1) is 13.2. The smallest absolute Gasteiger partial charge is 0.307 e. The van der Waals surface area contributed by atoms with E-state index >= 15 is 0 Å². The van der Waals surface area contributed by atoms with Gasteiger partial charge in [0, 0.05) is 18.9 Å². The van der Waals surface area contributed by atoms with Gasteiger partial charge in [-0.1, -0.05) is 30.7 Å². The van der Waals surface area contributed by atoms with Crippen LogP contribution < -0.4 is 5.32 Å². The Bertz CT molecular complexity index is 810. The molecule has 1 saturated carbocycles. The number of amides is 1. The molecule has 1 N–H and O–H groups in total. The Kier molecular flexibility index (Phi) is 4.97. The van der Waals surface area contributed by atoms with Crippen LogP contribution >= 0.6 is 0 Å². The third-order valence-electron chi connectivity index (χ3n) is 5.80. The number of hydrogen-bond donors (Lipinski definition) is 1. The number of aromatic nitrogens is 2. The van der Waals surface area contributed by atoms with Crippen LogP contribution in [0.3, 0.4) is 0 Å². The topological polar surface area (TPSA) is 73.2 Å². The summed E-state index contributed by atoms with van der Waals surface area (Å²) in [4.78, 5) is 24.8. The van der Waals surface area contributed by atoms with Gasteiger partial charge in [0.05, 0.1) is 18.9 Å². The largest absolute Gasteiger partial charge is 0.458 e. The number of hydrogen-bond acceptors (Lipinski definition) is 4. The van der Waals surface area contributed by atoms with Gasteiger partial charge in [0.2, 0.25) is 5.91 Å². The molecule has 1 aliphatic heterocycles. The number of esters is 1. The second kappa shape index (κ2) is 7.55. The van der Waals surface area contributed by atoms with Crippen LogP contribution in [0.5, 0.6) is 0 Å². The van der Waals surface area contributed by atoms with Crippen molar-refractivity contribution in [3.8, 4) is 0 Å². The predicted octanol–water partition coefficient (Wildman–Crippen LogP) is 2.81. The predicted molar refractivity (Wildman–Crippen MR) is 99.6 cm³/mol. The molecule has 1 amide bonds. The van der Waals surface area contributed by atoms with Gasteiger partial charge in [0.1, 0.15) is 5.60 Å². The van der Waals surface area contributed by atoms with E-state index < -0.39 is 5.60 Å². The Balaban J connectivity index is 1.44. The molecule has 2 aromatic rings. The van der Waals surface area contributed by atoms with Gasteiger partial charge in [-0.25, -0.2) is 0 Å². The molecule has 4 rings (SSSR count). The Labute approximate surface area is 158 Å². The summed E-state index contributed by atoms with van der Waals surface area (Å²) in [5.41, 5.74) is 1.60. The van der Waals surface area contributed by atoms with Crippen LogP contribution in [-0.4, -0.2) is 27.3 Å². The molecule has 27 heavy (non-hydrogen) atoms. The van der Waals surface area contributed by atoms with Crippen LogP contribution in [0.15, 0.2) is 42.7 Å². The first kappa shape index (κ1) is 17.8. The quantitative estimate of drug-likeness (QED) is 0.825. The molecule has 6 heteroatoms. The van der Waals surface area contributed by atoms with E-state index in [1.54, 1.807) is 6.20 Å². The first-order valence-electron chi connectivity index (χ1n) is 9.70. The molecule has 1 atom stereocenters. The minimum atomic E-state index is -0.575. The standard InChI is InChI=1S/C21H25N3O3/c25-19-13-18(21(27-19)9-4-1-5-10-21)20(26)22-14-16-7-2-3-8-17(16)15-24-12-6-11-23-24/h2-3,6-8,11-12,18H,1,4-5,9-10,13-15H2,(H,22,26)/t18-/m1/s1. The van der Waals surface area contributed by atoms with Crippen molar-refractivity contribution in [1.29, 1.82) is 0 Å². The monoisotopic (exact) mass is 367 g/mol. The number of rotatable bonds is 5. The van der Waals surface area contributed by atoms with Gasteiger partial charge in [-0.2, -0.15) is 5.10 Å².